The molecule has 7 heteroatoms. The first-order valence-corrected chi connectivity index (χ1v) is 6.63. The summed E-state index contributed by atoms with van der Waals surface area (Å²) >= 11 is 2.99. The number of benzene rings is 1. The first kappa shape index (κ1) is 12.9. The van der Waals surface area contributed by atoms with Gasteiger partial charge in [0.05, 0.1) is 16.2 Å². The third-order valence-corrected chi connectivity index (χ3v) is 3.44. The summed E-state index contributed by atoms with van der Waals surface area (Å²) in [7, 11) is -3.73. The minimum Gasteiger partial charge on any atom is -0.282 e. The number of aryl methyl sites for hydroxylation is 1. The van der Waals surface area contributed by atoms with Crippen molar-refractivity contribution < 1.29 is 12.8 Å². The number of nitrogens with zero attached hydrogens (tertiary/aromatic N) is 1. The molecule has 16 heavy (non-hydrogen) atoms. The van der Waals surface area contributed by atoms with E-state index >= 15 is 0 Å². The van der Waals surface area contributed by atoms with E-state index in [0.29, 0.717) is 5.56 Å². The molecular weight excluding hydrogens is 299 g/mol. The Kier molecular flexibility index (Phi) is 3.88. The molecule has 0 aromatic heterocycles. The van der Waals surface area contributed by atoms with Gasteiger partial charge in [0.15, 0.2) is 5.75 Å². The largest absolute Gasteiger partial charge is 0.282 e. The van der Waals surface area contributed by atoms with Crippen LogP contribution in [-0.2, 0) is 10.0 Å². The smallest absolute Gasteiger partial charge is 0.246 e. The molecule has 0 fully saturated rings. The van der Waals surface area contributed by atoms with Crippen LogP contribution in [0, 0.1) is 24.1 Å². The normalized spacial score (nSPS) is 10.9. The van der Waals surface area contributed by atoms with Crippen molar-refractivity contribution >= 4 is 31.6 Å². The monoisotopic (exact) mass is 306 g/mol. The van der Waals surface area contributed by atoms with Gasteiger partial charge >= 0.3 is 0 Å². The Labute approximate surface area is 101 Å². The first-order valence-electron chi connectivity index (χ1n) is 4.19. The van der Waals surface area contributed by atoms with Gasteiger partial charge in [0.2, 0.25) is 10.0 Å². The maximum atomic E-state index is 13.2. The van der Waals surface area contributed by atoms with Crippen LogP contribution >= 0.6 is 15.9 Å². The number of anilines is 1. The molecule has 0 saturated heterocycles. The van der Waals surface area contributed by atoms with Crippen molar-refractivity contribution in [3.05, 3.63) is 28.0 Å². The fraction of sp³-hybridized carbons (Fsp3) is 0.222. The molecule has 0 amide bonds. The van der Waals surface area contributed by atoms with E-state index in [9.17, 15) is 12.8 Å². The van der Waals surface area contributed by atoms with Gasteiger partial charge in [-0.25, -0.2) is 12.8 Å². The molecule has 0 heterocycles. The lowest BCUT2D eigenvalue weighted by Gasteiger charge is -2.09. The Hall–Kier alpha value is -1.13. The lowest BCUT2D eigenvalue weighted by atomic mass is 10.2. The average Bonchev–Trinajstić information content (AvgIpc) is 2.13. The van der Waals surface area contributed by atoms with E-state index in [-0.39, 0.29) is 10.2 Å². The molecule has 0 unspecified atom stereocenters. The van der Waals surface area contributed by atoms with Crippen molar-refractivity contribution in [2.75, 3.05) is 10.5 Å². The number of hydrogen-bond donors (Lipinski definition) is 1. The van der Waals surface area contributed by atoms with Gasteiger partial charge in [-0.3, -0.25) is 4.72 Å². The zero-order valence-electron chi connectivity index (χ0n) is 8.29. The molecule has 1 N–H and O–H groups in total. The van der Waals surface area contributed by atoms with E-state index in [1.807, 2.05) is 0 Å². The minimum atomic E-state index is -3.73. The van der Waals surface area contributed by atoms with E-state index in [2.05, 4.69) is 20.7 Å². The summed E-state index contributed by atoms with van der Waals surface area (Å²) in [4.78, 5) is 0. The van der Waals surface area contributed by atoms with Crippen molar-refractivity contribution in [1.29, 1.82) is 5.26 Å². The summed E-state index contributed by atoms with van der Waals surface area (Å²) < 4.78 is 38.1. The van der Waals surface area contributed by atoms with Crippen LogP contribution in [0.2, 0.25) is 0 Å². The Morgan fingerprint density at radius 3 is 2.75 bits per heavy atom. The molecule has 0 saturated carbocycles. The second-order valence-electron chi connectivity index (χ2n) is 3.10. The zero-order chi connectivity index (χ0) is 12.3. The molecule has 4 nitrogen and oxygen atoms in total. The highest BCUT2D eigenvalue weighted by Gasteiger charge is 2.13. The van der Waals surface area contributed by atoms with Gasteiger partial charge in [0.25, 0.3) is 0 Å². The third-order valence-electron chi connectivity index (χ3n) is 1.79. The van der Waals surface area contributed by atoms with Crippen LogP contribution in [-0.4, -0.2) is 14.2 Å². The highest BCUT2D eigenvalue weighted by Crippen LogP contribution is 2.24. The molecule has 0 radical (unpaired) electrons. The summed E-state index contributed by atoms with van der Waals surface area (Å²) in [6, 6.07) is 4.04. The molecular formula is C9H8BrFN2O2S. The molecule has 0 aliphatic rings. The average molecular weight is 307 g/mol. The molecule has 1 rings (SSSR count). The van der Waals surface area contributed by atoms with Crippen LogP contribution in [0.3, 0.4) is 0 Å². The van der Waals surface area contributed by atoms with Gasteiger partial charge in [-0.15, -0.1) is 0 Å². The second-order valence-corrected chi connectivity index (χ2v) is 5.68. The van der Waals surface area contributed by atoms with E-state index < -0.39 is 21.6 Å². The summed E-state index contributed by atoms with van der Waals surface area (Å²) in [6.07, 6.45) is 0. The highest BCUT2D eigenvalue weighted by molar-refractivity contribution is 9.10. The van der Waals surface area contributed by atoms with Crippen LogP contribution in [0.4, 0.5) is 10.1 Å². The minimum absolute atomic E-state index is 0.135. The lowest BCUT2D eigenvalue weighted by molar-refractivity contribution is 0.604. The van der Waals surface area contributed by atoms with Crippen molar-refractivity contribution in [2.45, 2.75) is 6.92 Å². The predicted molar refractivity (Wildman–Crippen MR) is 61.9 cm³/mol. The van der Waals surface area contributed by atoms with Gasteiger partial charge in [0.1, 0.15) is 5.82 Å². The Balaban J connectivity index is 3.08. The number of nitriles is 1. The van der Waals surface area contributed by atoms with E-state index in [1.54, 1.807) is 6.92 Å². The van der Waals surface area contributed by atoms with Crippen LogP contribution in [0.1, 0.15) is 5.56 Å². The molecule has 0 spiro atoms. The van der Waals surface area contributed by atoms with Gasteiger partial charge in [-0.05, 0) is 40.5 Å². The molecule has 0 bridgehead atoms. The number of nitrogens with one attached hydrogen (secondary N) is 1. The van der Waals surface area contributed by atoms with Crippen molar-refractivity contribution in [1.82, 2.24) is 0 Å². The lowest BCUT2D eigenvalue weighted by Crippen LogP contribution is -2.16. The number of rotatable bonds is 3. The van der Waals surface area contributed by atoms with Crippen molar-refractivity contribution in [2.24, 2.45) is 0 Å². The van der Waals surface area contributed by atoms with Crippen LogP contribution in [0.25, 0.3) is 0 Å². The van der Waals surface area contributed by atoms with Crippen molar-refractivity contribution in [3.63, 3.8) is 0 Å². The SMILES string of the molecule is Cc1cc(Br)c(F)cc1NS(=O)(=O)CC#N. The van der Waals surface area contributed by atoms with E-state index in [1.165, 1.54) is 12.1 Å². The fourth-order valence-corrected chi connectivity index (χ4v) is 2.30. The predicted octanol–water partition coefficient (Wildman–Crippen LogP) is 2.16. The standard InChI is InChI=1S/C9H8BrFN2O2S/c1-6-4-7(10)8(11)5-9(6)13-16(14,15)3-2-12/h4-5,13H,3H2,1H3. The molecule has 1 aromatic rings. The summed E-state index contributed by atoms with van der Waals surface area (Å²) in [6.45, 7) is 1.63. The Morgan fingerprint density at radius 1 is 1.56 bits per heavy atom. The highest BCUT2D eigenvalue weighted by atomic mass is 79.9. The Bertz CT molecular complexity index is 551. The maximum Gasteiger partial charge on any atom is 0.246 e. The maximum absolute atomic E-state index is 13.2. The molecule has 1 aromatic carbocycles. The molecule has 86 valence electrons. The summed E-state index contributed by atoms with van der Waals surface area (Å²) in [5, 5.41) is 8.30. The van der Waals surface area contributed by atoms with Gasteiger partial charge in [-0.1, -0.05) is 0 Å². The van der Waals surface area contributed by atoms with Crippen molar-refractivity contribution in [3.8, 4) is 6.07 Å². The number of sulfonamides is 1. The van der Waals surface area contributed by atoms with Crippen LogP contribution in [0.5, 0.6) is 0 Å². The van der Waals surface area contributed by atoms with Gasteiger partial charge in [-0.2, -0.15) is 5.26 Å². The topological polar surface area (TPSA) is 70.0 Å². The molecule has 0 aliphatic heterocycles. The fourth-order valence-electron chi connectivity index (χ4n) is 1.04. The summed E-state index contributed by atoms with van der Waals surface area (Å²) in [5.41, 5.74) is 0.700. The molecule has 0 atom stereocenters. The molecule has 0 aliphatic carbocycles. The third kappa shape index (κ3) is 3.18. The van der Waals surface area contributed by atoms with Crippen LogP contribution < -0.4 is 4.72 Å². The first-order chi connectivity index (χ1) is 7.35. The van der Waals surface area contributed by atoms with Gasteiger partial charge < -0.3 is 0 Å². The van der Waals surface area contributed by atoms with E-state index in [0.717, 1.165) is 6.07 Å². The number of halogens is 2. The van der Waals surface area contributed by atoms with Crippen LogP contribution in [0.15, 0.2) is 16.6 Å². The zero-order valence-corrected chi connectivity index (χ0v) is 10.7. The Morgan fingerprint density at radius 2 is 2.19 bits per heavy atom. The quantitative estimate of drug-likeness (QED) is 0.930. The van der Waals surface area contributed by atoms with Gasteiger partial charge in [0, 0.05) is 0 Å². The second kappa shape index (κ2) is 4.80. The summed E-state index contributed by atoms with van der Waals surface area (Å²) in [5.74, 6) is -1.23. The number of hydrogen-bond acceptors (Lipinski definition) is 3. The van der Waals surface area contributed by atoms with E-state index in [4.69, 9.17) is 5.26 Å².